The summed E-state index contributed by atoms with van der Waals surface area (Å²) in [6.45, 7) is 9.07. The minimum Gasteiger partial charge on any atom is -0.459 e. The lowest BCUT2D eigenvalue weighted by Gasteiger charge is -2.13. The number of hydrogen-bond donors (Lipinski definition) is 1. The molecule has 0 bridgehead atoms. The van der Waals surface area contributed by atoms with Crippen LogP contribution in [-0.2, 0) is 0 Å². The Labute approximate surface area is 109 Å². The highest BCUT2D eigenvalue weighted by atomic mass is 16.3. The molecule has 0 aliphatic carbocycles. The van der Waals surface area contributed by atoms with E-state index in [2.05, 4.69) is 50.0 Å². The monoisotopic (exact) mass is 243 g/mol. The zero-order valence-corrected chi connectivity index (χ0v) is 11.2. The van der Waals surface area contributed by atoms with Crippen molar-refractivity contribution < 1.29 is 4.42 Å². The lowest BCUT2D eigenvalue weighted by atomic mass is 10.1. The highest BCUT2D eigenvalue weighted by Gasteiger charge is 2.14. The summed E-state index contributed by atoms with van der Waals surface area (Å²) >= 11 is 0. The number of fused-ring (bicyclic) bond motifs is 1. The molecule has 0 aliphatic rings. The number of furan rings is 1. The van der Waals surface area contributed by atoms with Gasteiger partial charge in [0.2, 0.25) is 0 Å². The van der Waals surface area contributed by atoms with Crippen molar-refractivity contribution in [2.75, 3.05) is 6.54 Å². The van der Waals surface area contributed by atoms with E-state index in [1.807, 2.05) is 6.08 Å². The van der Waals surface area contributed by atoms with Gasteiger partial charge in [0.05, 0.1) is 6.04 Å². The lowest BCUT2D eigenvalue weighted by molar-refractivity contribution is 0.431. The third kappa shape index (κ3) is 2.65. The molecule has 2 nitrogen and oxygen atoms in total. The summed E-state index contributed by atoms with van der Waals surface area (Å²) in [5, 5.41) is 4.68. The van der Waals surface area contributed by atoms with Gasteiger partial charge in [0, 0.05) is 5.39 Å². The largest absolute Gasteiger partial charge is 0.459 e. The summed E-state index contributed by atoms with van der Waals surface area (Å²) in [5.74, 6) is 1.01. The molecule has 2 aromatic rings. The predicted octanol–water partition coefficient (Wildman–Crippen LogP) is 4.36. The van der Waals surface area contributed by atoms with E-state index in [1.54, 1.807) is 0 Å². The van der Waals surface area contributed by atoms with Crippen LogP contribution >= 0.6 is 0 Å². The van der Waals surface area contributed by atoms with Crippen LogP contribution in [0.2, 0.25) is 0 Å². The molecule has 0 saturated carbocycles. The molecule has 1 aromatic heterocycles. The molecule has 96 valence electrons. The van der Waals surface area contributed by atoms with E-state index in [0.717, 1.165) is 30.7 Å². The molecule has 1 heterocycles. The molecule has 1 N–H and O–H groups in total. The predicted molar refractivity (Wildman–Crippen MR) is 76.8 cm³/mol. The fourth-order valence-corrected chi connectivity index (χ4v) is 2.19. The van der Waals surface area contributed by atoms with Gasteiger partial charge in [0.15, 0.2) is 0 Å². The summed E-state index contributed by atoms with van der Waals surface area (Å²) in [6, 6.07) is 8.62. The number of hydrogen-bond acceptors (Lipinski definition) is 2. The Bertz CT molecular complexity index is 527. The molecule has 2 heteroatoms. The van der Waals surface area contributed by atoms with Gasteiger partial charge in [-0.15, -0.1) is 6.58 Å². The normalized spacial score (nSPS) is 12.8. The van der Waals surface area contributed by atoms with Crippen LogP contribution in [0.1, 0.15) is 37.1 Å². The SMILES string of the molecule is C=CCC(NCCC)c1cc2cccc(C)c2o1. The Morgan fingerprint density at radius 1 is 1.44 bits per heavy atom. The smallest absolute Gasteiger partial charge is 0.137 e. The number of aryl methyl sites for hydroxylation is 1. The molecule has 1 unspecified atom stereocenters. The maximum atomic E-state index is 6.00. The van der Waals surface area contributed by atoms with Crippen LogP contribution in [0.15, 0.2) is 41.3 Å². The van der Waals surface area contributed by atoms with Gasteiger partial charge in [-0.3, -0.25) is 0 Å². The Kier molecular flexibility index (Phi) is 4.21. The van der Waals surface area contributed by atoms with Gasteiger partial charge in [-0.25, -0.2) is 0 Å². The molecule has 1 aromatic carbocycles. The molecule has 1 atom stereocenters. The number of nitrogens with one attached hydrogen (secondary N) is 1. The molecule has 0 radical (unpaired) electrons. The minimum absolute atomic E-state index is 0.231. The van der Waals surface area contributed by atoms with E-state index in [4.69, 9.17) is 4.42 Å². The highest BCUT2D eigenvalue weighted by molar-refractivity contribution is 5.81. The molecule has 18 heavy (non-hydrogen) atoms. The van der Waals surface area contributed by atoms with Crippen LogP contribution in [0.3, 0.4) is 0 Å². The van der Waals surface area contributed by atoms with Crippen LogP contribution in [0.5, 0.6) is 0 Å². The van der Waals surface area contributed by atoms with Crippen molar-refractivity contribution in [3.63, 3.8) is 0 Å². The van der Waals surface area contributed by atoms with Crippen LogP contribution in [0.25, 0.3) is 11.0 Å². The van der Waals surface area contributed by atoms with Gasteiger partial charge < -0.3 is 9.73 Å². The van der Waals surface area contributed by atoms with Crippen molar-refractivity contribution in [2.24, 2.45) is 0 Å². The number of benzene rings is 1. The zero-order chi connectivity index (χ0) is 13.0. The van der Waals surface area contributed by atoms with E-state index < -0.39 is 0 Å². The average Bonchev–Trinajstić information content (AvgIpc) is 2.80. The van der Waals surface area contributed by atoms with Crippen LogP contribution in [0, 0.1) is 6.92 Å². The first-order chi connectivity index (χ1) is 8.76. The molecular weight excluding hydrogens is 222 g/mol. The van der Waals surface area contributed by atoms with Gasteiger partial charge >= 0.3 is 0 Å². The van der Waals surface area contributed by atoms with Crippen LogP contribution in [-0.4, -0.2) is 6.54 Å². The molecule has 0 saturated heterocycles. The summed E-state index contributed by atoms with van der Waals surface area (Å²) in [6.07, 6.45) is 3.94. The quantitative estimate of drug-likeness (QED) is 0.763. The Morgan fingerprint density at radius 3 is 2.94 bits per heavy atom. The van der Waals surface area contributed by atoms with Crippen molar-refractivity contribution in [1.29, 1.82) is 0 Å². The number of rotatable bonds is 6. The molecule has 0 amide bonds. The van der Waals surface area contributed by atoms with E-state index in [1.165, 1.54) is 10.9 Å². The van der Waals surface area contributed by atoms with Gasteiger partial charge in [0.25, 0.3) is 0 Å². The molecule has 0 fully saturated rings. The Hall–Kier alpha value is -1.54. The molecule has 0 spiro atoms. The molecular formula is C16H21NO. The second-order valence-electron chi connectivity index (χ2n) is 4.67. The lowest BCUT2D eigenvalue weighted by Crippen LogP contribution is -2.21. The topological polar surface area (TPSA) is 25.2 Å². The average molecular weight is 243 g/mol. The maximum Gasteiger partial charge on any atom is 0.137 e. The van der Waals surface area contributed by atoms with Crippen molar-refractivity contribution in [3.8, 4) is 0 Å². The first-order valence-corrected chi connectivity index (χ1v) is 6.59. The van der Waals surface area contributed by atoms with Crippen molar-refractivity contribution in [2.45, 2.75) is 32.7 Å². The maximum absolute atomic E-state index is 6.00. The summed E-state index contributed by atoms with van der Waals surface area (Å²) < 4.78 is 6.00. The van der Waals surface area contributed by atoms with Crippen LogP contribution < -0.4 is 5.32 Å². The van der Waals surface area contributed by atoms with Gasteiger partial charge in [-0.1, -0.05) is 31.2 Å². The fraction of sp³-hybridized carbons (Fsp3) is 0.375. The summed E-state index contributed by atoms with van der Waals surface area (Å²) in [5.41, 5.74) is 2.19. The zero-order valence-electron chi connectivity index (χ0n) is 11.2. The third-order valence-electron chi connectivity index (χ3n) is 3.15. The summed E-state index contributed by atoms with van der Waals surface area (Å²) in [4.78, 5) is 0. The van der Waals surface area contributed by atoms with E-state index in [-0.39, 0.29) is 6.04 Å². The van der Waals surface area contributed by atoms with Crippen molar-refractivity contribution in [3.05, 3.63) is 48.2 Å². The third-order valence-corrected chi connectivity index (χ3v) is 3.15. The second kappa shape index (κ2) is 5.87. The van der Waals surface area contributed by atoms with Crippen molar-refractivity contribution in [1.82, 2.24) is 5.32 Å². The minimum atomic E-state index is 0.231. The first kappa shape index (κ1) is 12.9. The fourth-order valence-electron chi connectivity index (χ4n) is 2.19. The highest BCUT2D eigenvalue weighted by Crippen LogP contribution is 2.27. The number of para-hydroxylation sites is 1. The van der Waals surface area contributed by atoms with E-state index in [0.29, 0.717) is 0 Å². The Morgan fingerprint density at radius 2 is 2.28 bits per heavy atom. The standard InChI is InChI=1S/C16H21NO/c1-4-7-14(17-10-5-2)15-11-13-9-6-8-12(3)16(13)18-15/h4,6,8-9,11,14,17H,1,5,7,10H2,2-3H3. The van der Waals surface area contributed by atoms with Gasteiger partial charge in [-0.2, -0.15) is 0 Å². The van der Waals surface area contributed by atoms with Gasteiger partial charge in [0.1, 0.15) is 11.3 Å². The van der Waals surface area contributed by atoms with Gasteiger partial charge in [-0.05, 0) is 37.9 Å². The molecule has 0 aliphatic heterocycles. The van der Waals surface area contributed by atoms with Crippen molar-refractivity contribution >= 4 is 11.0 Å². The van der Waals surface area contributed by atoms with Crippen LogP contribution in [0.4, 0.5) is 0 Å². The Balaban J connectivity index is 2.32. The molecule has 2 rings (SSSR count). The van der Waals surface area contributed by atoms with E-state index >= 15 is 0 Å². The second-order valence-corrected chi connectivity index (χ2v) is 4.67. The first-order valence-electron chi connectivity index (χ1n) is 6.59. The summed E-state index contributed by atoms with van der Waals surface area (Å²) in [7, 11) is 0. The van der Waals surface area contributed by atoms with E-state index in [9.17, 15) is 0 Å².